The largest absolute Gasteiger partial charge is 0.344 e. The first kappa shape index (κ1) is 17.1. The molecule has 30 heavy (non-hydrogen) atoms. The van der Waals surface area contributed by atoms with Gasteiger partial charge in [0.15, 0.2) is 0 Å². The van der Waals surface area contributed by atoms with Crippen molar-refractivity contribution in [2.45, 2.75) is 0 Å². The first-order valence-electron chi connectivity index (χ1n) is 10.4. The van der Waals surface area contributed by atoms with Gasteiger partial charge >= 0.3 is 0 Å². The average Bonchev–Trinajstić information content (AvgIpc) is 2.83. The summed E-state index contributed by atoms with van der Waals surface area (Å²) in [6.07, 6.45) is 0. The Labute approximate surface area is 176 Å². The molecule has 6 aromatic carbocycles. The highest BCUT2D eigenvalue weighted by molar-refractivity contribution is 6.25. The van der Waals surface area contributed by atoms with Crippen LogP contribution in [0.1, 0.15) is 0 Å². The van der Waals surface area contributed by atoms with Crippen LogP contribution in [-0.4, -0.2) is 7.05 Å². The predicted octanol–water partition coefficient (Wildman–Crippen LogP) is 8.02. The standard InChI is InChI=1S/C29H21N/c1-30(25-16-12-21(13-17-25)20-6-3-2-4-7-20)27-19-15-24-11-10-22-8-5-9-23-14-18-26(27)29(24)28(22)23/h2-19H,1H3. The Bertz CT molecular complexity index is 1460. The molecule has 0 spiro atoms. The van der Waals surface area contributed by atoms with E-state index in [1.165, 1.54) is 54.8 Å². The molecule has 0 radical (unpaired) electrons. The summed E-state index contributed by atoms with van der Waals surface area (Å²) in [6, 6.07) is 39.4. The smallest absolute Gasteiger partial charge is 0.0488 e. The quantitative estimate of drug-likeness (QED) is 0.280. The van der Waals surface area contributed by atoms with Gasteiger partial charge in [-0.2, -0.15) is 0 Å². The summed E-state index contributed by atoms with van der Waals surface area (Å²) in [7, 11) is 2.16. The molecule has 6 rings (SSSR count). The molecule has 0 N–H and O–H groups in total. The predicted molar refractivity (Wildman–Crippen MR) is 130 cm³/mol. The van der Waals surface area contributed by atoms with E-state index >= 15 is 0 Å². The number of rotatable bonds is 3. The van der Waals surface area contributed by atoms with Gasteiger partial charge in [0.2, 0.25) is 0 Å². The molecule has 0 aliphatic carbocycles. The van der Waals surface area contributed by atoms with Crippen LogP contribution in [-0.2, 0) is 0 Å². The van der Waals surface area contributed by atoms with Crippen LogP contribution in [0.2, 0.25) is 0 Å². The highest BCUT2D eigenvalue weighted by atomic mass is 15.1. The van der Waals surface area contributed by atoms with Crippen molar-refractivity contribution in [2.24, 2.45) is 0 Å². The molecule has 0 amide bonds. The summed E-state index contributed by atoms with van der Waals surface area (Å²) in [5, 5.41) is 7.92. The fraction of sp³-hybridized carbons (Fsp3) is 0.0345. The summed E-state index contributed by atoms with van der Waals surface area (Å²) in [4.78, 5) is 2.29. The molecular formula is C29H21N. The van der Waals surface area contributed by atoms with Crippen LogP contribution in [0.25, 0.3) is 43.4 Å². The summed E-state index contributed by atoms with van der Waals surface area (Å²) < 4.78 is 0. The van der Waals surface area contributed by atoms with Gasteiger partial charge in [-0.15, -0.1) is 0 Å². The van der Waals surface area contributed by atoms with Gasteiger partial charge in [-0.05, 0) is 56.3 Å². The van der Waals surface area contributed by atoms with Gasteiger partial charge in [0, 0.05) is 23.8 Å². The number of hydrogen-bond donors (Lipinski definition) is 0. The highest BCUT2D eigenvalue weighted by Crippen LogP contribution is 2.40. The summed E-state index contributed by atoms with van der Waals surface area (Å²) in [5.74, 6) is 0. The van der Waals surface area contributed by atoms with Gasteiger partial charge in [-0.25, -0.2) is 0 Å². The van der Waals surface area contributed by atoms with Gasteiger partial charge in [-0.3, -0.25) is 0 Å². The Balaban J connectivity index is 1.49. The second-order valence-electron chi connectivity index (χ2n) is 7.91. The minimum Gasteiger partial charge on any atom is -0.344 e. The van der Waals surface area contributed by atoms with E-state index in [-0.39, 0.29) is 0 Å². The van der Waals surface area contributed by atoms with Gasteiger partial charge < -0.3 is 4.90 Å². The van der Waals surface area contributed by atoms with Gasteiger partial charge in [0.05, 0.1) is 0 Å². The van der Waals surface area contributed by atoms with Crippen LogP contribution in [0.3, 0.4) is 0 Å². The van der Waals surface area contributed by atoms with Gasteiger partial charge in [-0.1, -0.05) is 91.0 Å². The maximum atomic E-state index is 2.29. The Morgan fingerprint density at radius 1 is 0.467 bits per heavy atom. The Morgan fingerprint density at radius 3 is 1.80 bits per heavy atom. The van der Waals surface area contributed by atoms with Crippen molar-refractivity contribution in [2.75, 3.05) is 11.9 Å². The third-order valence-corrected chi connectivity index (χ3v) is 6.23. The van der Waals surface area contributed by atoms with E-state index in [1.54, 1.807) is 0 Å². The van der Waals surface area contributed by atoms with Crippen LogP contribution in [0, 0.1) is 0 Å². The molecule has 6 aromatic rings. The molecule has 0 unspecified atom stereocenters. The van der Waals surface area contributed by atoms with Crippen molar-refractivity contribution in [3.63, 3.8) is 0 Å². The Hall–Kier alpha value is -3.84. The lowest BCUT2D eigenvalue weighted by atomic mass is 9.93. The lowest BCUT2D eigenvalue weighted by Gasteiger charge is -2.23. The molecule has 0 bridgehead atoms. The lowest BCUT2D eigenvalue weighted by Crippen LogP contribution is -2.09. The van der Waals surface area contributed by atoms with Crippen molar-refractivity contribution in [3.05, 3.63) is 109 Å². The minimum absolute atomic E-state index is 1.18. The molecule has 0 aromatic heterocycles. The van der Waals surface area contributed by atoms with Crippen molar-refractivity contribution in [3.8, 4) is 11.1 Å². The van der Waals surface area contributed by atoms with Crippen molar-refractivity contribution < 1.29 is 0 Å². The monoisotopic (exact) mass is 383 g/mol. The van der Waals surface area contributed by atoms with E-state index in [0.29, 0.717) is 0 Å². The SMILES string of the molecule is CN(c1ccc(-c2ccccc2)cc1)c1ccc2ccc3cccc4ccc1c2c34. The minimum atomic E-state index is 1.18. The molecule has 1 heteroatoms. The molecule has 1 nitrogen and oxygen atoms in total. The molecule has 0 heterocycles. The van der Waals surface area contributed by atoms with E-state index in [9.17, 15) is 0 Å². The van der Waals surface area contributed by atoms with Crippen LogP contribution in [0.5, 0.6) is 0 Å². The normalized spacial score (nSPS) is 11.5. The van der Waals surface area contributed by atoms with E-state index in [0.717, 1.165) is 0 Å². The molecule has 0 atom stereocenters. The number of nitrogens with zero attached hydrogens (tertiary/aromatic N) is 1. The number of benzene rings is 6. The van der Waals surface area contributed by atoms with Crippen LogP contribution >= 0.6 is 0 Å². The molecule has 142 valence electrons. The number of anilines is 2. The molecule has 0 fully saturated rings. The van der Waals surface area contributed by atoms with Crippen molar-refractivity contribution in [1.29, 1.82) is 0 Å². The average molecular weight is 383 g/mol. The molecule has 0 saturated carbocycles. The topological polar surface area (TPSA) is 3.24 Å². The van der Waals surface area contributed by atoms with E-state index in [4.69, 9.17) is 0 Å². The molecule has 0 aliphatic heterocycles. The van der Waals surface area contributed by atoms with E-state index < -0.39 is 0 Å². The summed E-state index contributed by atoms with van der Waals surface area (Å²) >= 11 is 0. The second-order valence-corrected chi connectivity index (χ2v) is 7.91. The molecular weight excluding hydrogens is 362 g/mol. The lowest BCUT2D eigenvalue weighted by molar-refractivity contribution is 1.22. The maximum absolute atomic E-state index is 2.29. The third-order valence-electron chi connectivity index (χ3n) is 6.23. The second kappa shape index (κ2) is 6.60. The first-order chi connectivity index (χ1) is 14.8. The zero-order valence-electron chi connectivity index (χ0n) is 16.8. The first-order valence-corrected chi connectivity index (χ1v) is 10.4. The van der Waals surface area contributed by atoms with E-state index in [1.807, 2.05) is 0 Å². The van der Waals surface area contributed by atoms with Crippen molar-refractivity contribution >= 4 is 43.7 Å². The molecule has 0 saturated heterocycles. The Morgan fingerprint density at radius 2 is 1.07 bits per heavy atom. The van der Waals surface area contributed by atoms with Crippen molar-refractivity contribution in [1.82, 2.24) is 0 Å². The highest BCUT2D eigenvalue weighted by Gasteiger charge is 2.14. The van der Waals surface area contributed by atoms with Crippen LogP contribution in [0.15, 0.2) is 109 Å². The maximum Gasteiger partial charge on any atom is 0.0488 e. The Kier molecular flexibility index (Phi) is 3.75. The fourth-order valence-electron chi connectivity index (χ4n) is 4.66. The summed E-state index contributed by atoms with van der Waals surface area (Å²) in [6.45, 7) is 0. The fourth-order valence-corrected chi connectivity index (χ4v) is 4.66. The third kappa shape index (κ3) is 2.56. The van der Waals surface area contributed by atoms with Gasteiger partial charge in [0.1, 0.15) is 0 Å². The summed E-state index contributed by atoms with van der Waals surface area (Å²) in [5.41, 5.74) is 4.90. The zero-order chi connectivity index (χ0) is 20.1. The van der Waals surface area contributed by atoms with Crippen LogP contribution in [0.4, 0.5) is 11.4 Å². The van der Waals surface area contributed by atoms with Crippen LogP contribution < -0.4 is 4.90 Å². The number of hydrogen-bond acceptors (Lipinski definition) is 1. The molecule has 0 aliphatic rings. The van der Waals surface area contributed by atoms with E-state index in [2.05, 4.69) is 121 Å². The zero-order valence-corrected chi connectivity index (χ0v) is 16.8. The van der Waals surface area contributed by atoms with Gasteiger partial charge in [0.25, 0.3) is 0 Å².